The first kappa shape index (κ1) is 17.1. The standard InChI is InChI=1S/C14H20ClN3O.ClH/c1-10(16)14(19)17-11-5-4-8-18(9-11)13-7-3-2-6-12(13)15;/h2-3,6-7,10-11H,4-5,8-9,16H2,1H3,(H,17,19);1H. The molecular weight excluding hydrogens is 297 g/mol. The fourth-order valence-electron chi connectivity index (χ4n) is 2.35. The fraction of sp³-hybridized carbons (Fsp3) is 0.500. The number of piperidine rings is 1. The molecule has 2 rings (SSSR count). The Bertz CT molecular complexity index is 454. The maximum Gasteiger partial charge on any atom is 0.236 e. The van der Waals surface area contributed by atoms with Crippen LogP contribution in [0.15, 0.2) is 24.3 Å². The average molecular weight is 318 g/mol. The summed E-state index contributed by atoms with van der Waals surface area (Å²) in [5, 5.41) is 3.74. The molecule has 6 heteroatoms. The molecule has 1 saturated heterocycles. The Morgan fingerprint density at radius 3 is 2.85 bits per heavy atom. The molecule has 20 heavy (non-hydrogen) atoms. The van der Waals surface area contributed by atoms with Crippen LogP contribution in [0.2, 0.25) is 5.02 Å². The molecule has 1 aliphatic rings. The summed E-state index contributed by atoms with van der Waals surface area (Å²) in [6.45, 7) is 3.44. The molecule has 1 fully saturated rings. The van der Waals surface area contributed by atoms with E-state index < -0.39 is 6.04 Å². The molecule has 3 N–H and O–H groups in total. The summed E-state index contributed by atoms with van der Waals surface area (Å²) in [7, 11) is 0. The van der Waals surface area contributed by atoms with Crippen LogP contribution in [0.4, 0.5) is 5.69 Å². The number of carbonyl (C=O) groups is 1. The SMILES string of the molecule is CC(N)C(=O)NC1CCCN(c2ccccc2Cl)C1.Cl. The van der Waals surface area contributed by atoms with E-state index in [9.17, 15) is 4.79 Å². The smallest absolute Gasteiger partial charge is 0.236 e. The largest absolute Gasteiger partial charge is 0.368 e. The summed E-state index contributed by atoms with van der Waals surface area (Å²) in [4.78, 5) is 13.9. The van der Waals surface area contributed by atoms with Crippen LogP contribution in [0.3, 0.4) is 0 Å². The van der Waals surface area contributed by atoms with E-state index in [1.54, 1.807) is 6.92 Å². The molecule has 0 aromatic heterocycles. The van der Waals surface area contributed by atoms with Crippen molar-refractivity contribution in [3.8, 4) is 0 Å². The van der Waals surface area contributed by atoms with Gasteiger partial charge in [0.05, 0.1) is 16.8 Å². The van der Waals surface area contributed by atoms with Crippen molar-refractivity contribution in [2.24, 2.45) is 5.73 Å². The van der Waals surface area contributed by atoms with Gasteiger partial charge in [0.1, 0.15) is 0 Å². The van der Waals surface area contributed by atoms with E-state index >= 15 is 0 Å². The molecule has 0 bridgehead atoms. The van der Waals surface area contributed by atoms with Crippen LogP contribution < -0.4 is 16.0 Å². The molecular formula is C14H21Cl2N3O. The van der Waals surface area contributed by atoms with Crippen LogP contribution in [0, 0.1) is 0 Å². The van der Waals surface area contributed by atoms with Gasteiger partial charge in [-0.3, -0.25) is 4.79 Å². The Morgan fingerprint density at radius 1 is 1.50 bits per heavy atom. The van der Waals surface area contributed by atoms with Crippen molar-refractivity contribution in [2.45, 2.75) is 31.8 Å². The van der Waals surface area contributed by atoms with E-state index in [-0.39, 0.29) is 24.4 Å². The topological polar surface area (TPSA) is 58.4 Å². The highest BCUT2D eigenvalue weighted by atomic mass is 35.5. The van der Waals surface area contributed by atoms with E-state index in [1.807, 2.05) is 24.3 Å². The zero-order chi connectivity index (χ0) is 13.8. The summed E-state index contributed by atoms with van der Waals surface area (Å²) >= 11 is 6.21. The van der Waals surface area contributed by atoms with E-state index in [0.717, 1.165) is 36.6 Å². The first-order chi connectivity index (χ1) is 9.08. The fourth-order valence-corrected chi connectivity index (χ4v) is 2.61. The molecule has 1 aromatic carbocycles. The van der Waals surface area contributed by atoms with E-state index in [2.05, 4.69) is 10.2 Å². The summed E-state index contributed by atoms with van der Waals surface area (Å²) in [5.41, 5.74) is 6.61. The number of nitrogens with one attached hydrogen (secondary N) is 1. The number of halogens is 2. The average Bonchev–Trinajstić information content (AvgIpc) is 2.39. The minimum absolute atomic E-state index is 0. The lowest BCUT2D eigenvalue weighted by molar-refractivity contribution is -0.122. The molecule has 112 valence electrons. The van der Waals surface area contributed by atoms with Crippen molar-refractivity contribution in [2.75, 3.05) is 18.0 Å². The van der Waals surface area contributed by atoms with E-state index in [0.29, 0.717) is 0 Å². The lowest BCUT2D eigenvalue weighted by Crippen LogP contribution is -2.51. The Kier molecular flexibility index (Phi) is 6.59. The van der Waals surface area contributed by atoms with Crippen LogP contribution >= 0.6 is 24.0 Å². The minimum Gasteiger partial charge on any atom is -0.368 e. The van der Waals surface area contributed by atoms with Crippen LogP contribution in [0.25, 0.3) is 0 Å². The maximum atomic E-state index is 11.6. The van der Waals surface area contributed by atoms with Crippen molar-refractivity contribution in [3.05, 3.63) is 29.3 Å². The van der Waals surface area contributed by atoms with Gasteiger partial charge in [-0.1, -0.05) is 23.7 Å². The molecule has 1 aromatic rings. The van der Waals surface area contributed by atoms with Gasteiger partial charge in [0, 0.05) is 19.1 Å². The second kappa shape index (κ2) is 7.72. The number of hydrogen-bond acceptors (Lipinski definition) is 3. The maximum absolute atomic E-state index is 11.6. The monoisotopic (exact) mass is 317 g/mol. The zero-order valence-corrected chi connectivity index (χ0v) is 13.1. The Hall–Kier alpha value is -0.970. The van der Waals surface area contributed by atoms with Gasteiger partial charge >= 0.3 is 0 Å². The predicted octanol–water partition coefficient (Wildman–Crippen LogP) is 2.19. The molecule has 1 aliphatic heterocycles. The molecule has 1 heterocycles. The van der Waals surface area contributed by atoms with Crippen molar-refractivity contribution < 1.29 is 4.79 Å². The van der Waals surface area contributed by atoms with E-state index in [4.69, 9.17) is 17.3 Å². The quantitative estimate of drug-likeness (QED) is 0.898. The Balaban J connectivity index is 0.00000200. The van der Waals surface area contributed by atoms with Gasteiger partial charge in [-0.2, -0.15) is 0 Å². The number of benzene rings is 1. The molecule has 0 radical (unpaired) electrons. The first-order valence-corrected chi connectivity index (χ1v) is 7.01. The number of anilines is 1. The van der Waals surface area contributed by atoms with Crippen LogP contribution in [0.5, 0.6) is 0 Å². The molecule has 0 saturated carbocycles. The minimum atomic E-state index is -0.462. The van der Waals surface area contributed by atoms with Crippen LogP contribution in [-0.2, 0) is 4.79 Å². The Labute approximate surface area is 131 Å². The number of carbonyl (C=O) groups excluding carboxylic acids is 1. The summed E-state index contributed by atoms with van der Waals surface area (Å²) in [5.74, 6) is -0.0917. The van der Waals surface area contributed by atoms with Gasteiger partial charge in [0.2, 0.25) is 5.91 Å². The predicted molar refractivity (Wildman–Crippen MR) is 85.7 cm³/mol. The highest BCUT2D eigenvalue weighted by molar-refractivity contribution is 6.33. The van der Waals surface area contributed by atoms with Gasteiger partial charge in [-0.25, -0.2) is 0 Å². The van der Waals surface area contributed by atoms with Crippen molar-refractivity contribution in [1.82, 2.24) is 5.32 Å². The number of nitrogens with two attached hydrogens (primary N) is 1. The summed E-state index contributed by atoms with van der Waals surface area (Å²) < 4.78 is 0. The lowest BCUT2D eigenvalue weighted by atomic mass is 10.0. The van der Waals surface area contributed by atoms with Gasteiger partial charge in [0.25, 0.3) is 0 Å². The first-order valence-electron chi connectivity index (χ1n) is 6.63. The second-order valence-corrected chi connectivity index (χ2v) is 5.44. The molecule has 2 unspecified atom stereocenters. The van der Waals surface area contributed by atoms with Gasteiger partial charge in [-0.05, 0) is 31.9 Å². The summed E-state index contributed by atoms with van der Waals surface area (Å²) in [6.07, 6.45) is 2.02. The van der Waals surface area contributed by atoms with Gasteiger partial charge in [0.15, 0.2) is 0 Å². The third-order valence-electron chi connectivity index (χ3n) is 3.37. The third-order valence-corrected chi connectivity index (χ3v) is 3.69. The molecule has 0 spiro atoms. The normalized spacial score (nSPS) is 19.9. The zero-order valence-electron chi connectivity index (χ0n) is 11.5. The van der Waals surface area contributed by atoms with Crippen molar-refractivity contribution in [3.63, 3.8) is 0 Å². The van der Waals surface area contributed by atoms with Crippen LogP contribution in [-0.4, -0.2) is 31.1 Å². The highest BCUT2D eigenvalue weighted by Gasteiger charge is 2.23. The molecule has 1 amide bonds. The number of amides is 1. The van der Waals surface area contributed by atoms with Gasteiger partial charge < -0.3 is 16.0 Å². The third kappa shape index (κ3) is 4.27. The number of nitrogens with zero attached hydrogens (tertiary/aromatic N) is 1. The molecule has 4 nitrogen and oxygen atoms in total. The second-order valence-electron chi connectivity index (χ2n) is 5.03. The molecule has 0 aliphatic carbocycles. The Morgan fingerprint density at radius 2 is 2.20 bits per heavy atom. The van der Waals surface area contributed by atoms with Crippen LogP contribution in [0.1, 0.15) is 19.8 Å². The number of para-hydroxylation sites is 1. The molecule has 2 atom stereocenters. The van der Waals surface area contributed by atoms with Gasteiger partial charge in [-0.15, -0.1) is 12.4 Å². The lowest BCUT2D eigenvalue weighted by Gasteiger charge is -2.35. The van der Waals surface area contributed by atoms with Crippen molar-refractivity contribution in [1.29, 1.82) is 0 Å². The van der Waals surface area contributed by atoms with E-state index in [1.165, 1.54) is 0 Å². The number of hydrogen-bond donors (Lipinski definition) is 2. The summed E-state index contributed by atoms with van der Waals surface area (Å²) in [6, 6.07) is 7.48. The van der Waals surface area contributed by atoms with Crippen molar-refractivity contribution >= 4 is 35.6 Å². The number of rotatable bonds is 3. The highest BCUT2D eigenvalue weighted by Crippen LogP contribution is 2.27.